The number of carbonyl (C=O) groups is 2. The predicted octanol–water partition coefficient (Wildman–Crippen LogP) is 7.94. The number of unbranched alkanes of at least 4 members (excludes halogenated alkanes) is 12. The molecule has 1 aromatic rings. The molecule has 1 atom stereocenters. The maximum absolute atomic E-state index is 13.5. The molecule has 254 valence electrons. The lowest BCUT2D eigenvalue weighted by molar-refractivity contribution is -0.137. The first-order valence-electron chi connectivity index (χ1n) is 17.2. The Labute approximate surface area is 272 Å². The van der Waals surface area contributed by atoms with E-state index in [4.69, 9.17) is 24.7 Å². The molecule has 0 saturated heterocycles. The lowest BCUT2D eigenvalue weighted by Crippen LogP contribution is -2.36. The highest BCUT2D eigenvalue weighted by Gasteiger charge is 2.44. The van der Waals surface area contributed by atoms with E-state index < -0.39 is 17.9 Å². The molecule has 0 aromatic heterocycles. The van der Waals surface area contributed by atoms with Gasteiger partial charge in [-0.15, -0.1) is 0 Å². The molecule has 1 heterocycles. The average molecular weight is 629 g/mol. The minimum absolute atomic E-state index is 0.119. The summed E-state index contributed by atoms with van der Waals surface area (Å²) in [6.07, 6.45) is 17.3. The summed E-state index contributed by atoms with van der Waals surface area (Å²) < 4.78 is 23.0. The van der Waals surface area contributed by atoms with Crippen LogP contribution in [0.1, 0.15) is 128 Å². The Morgan fingerprint density at radius 3 is 1.89 bits per heavy atom. The number of esters is 2. The van der Waals surface area contributed by atoms with Gasteiger partial charge < -0.3 is 29.6 Å². The number of aryl methyl sites for hydroxylation is 1. The molecule has 0 bridgehead atoms. The number of nitrogens with two attached hydrogens (primary N) is 1. The van der Waals surface area contributed by atoms with Crippen molar-refractivity contribution in [2.24, 2.45) is 5.73 Å². The van der Waals surface area contributed by atoms with E-state index in [0.29, 0.717) is 22.9 Å². The van der Waals surface area contributed by atoms with E-state index in [9.17, 15) is 9.59 Å². The highest BCUT2D eigenvalue weighted by Crippen LogP contribution is 2.47. The van der Waals surface area contributed by atoms with Gasteiger partial charge in [0.25, 0.3) is 0 Å². The molecule has 0 fully saturated rings. The fourth-order valence-electron chi connectivity index (χ4n) is 6.12. The molecule has 1 aliphatic heterocycles. The van der Waals surface area contributed by atoms with Crippen LogP contribution >= 0.6 is 0 Å². The number of benzene rings is 1. The Morgan fingerprint density at radius 2 is 1.38 bits per heavy atom. The van der Waals surface area contributed by atoms with Crippen LogP contribution in [-0.4, -0.2) is 57.4 Å². The largest absolute Gasteiger partial charge is 0.491 e. The standard InChI is InChI=1S/C37H60N2O6/c1-8-9-10-11-12-13-14-15-16-17-18-19-20-22-29-23-21-24-30(45-27(2)3)32(29)33-31(36(40)42-6)28(4)39(5)35(44-26-25-38)34(33)37(41)43-7/h21,23-24,27,33H,8-20,22,25-26,38H2,1-7H3. The number of ether oxygens (including phenoxy) is 4. The van der Waals surface area contributed by atoms with Crippen molar-refractivity contribution in [3.05, 3.63) is 52.1 Å². The molecule has 0 radical (unpaired) electrons. The zero-order valence-corrected chi connectivity index (χ0v) is 29.2. The second-order valence-corrected chi connectivity index (χ2v) is 12.3. The summed E-state index contributed by atoms with van der Waals surface area (Å²) in [4.78, 5) is 28.7. The zero-order valence-electron chi connectivity index (χ0n) is 29.2. The van der Waals surface area contributed by atoms with Gasteiger partial charge in [0.1, 0.15) is 17.9 Å². The molecule has 2 rings (SSSR count). The van der Waals surface area contributed by atoms with E-state index >= 15 is 0 Å². The molecule has 2 N–H and O–H groups in total. The molecule has 0 saturated carbocycles. The molecule has 0 amide bonds. The number of rotatable bonds is 22. The van der Waals surface area contributed by atoms with Crippen molar-refractivity contribution in [2.75, 3.05) is 34.4 Å². The second kappa shape index (κ2) is 20.9. The van der Waals surface area contributed by atoms with Crippen molar-refractivity contribution in [2.45, 2.75) is 130 Å². The zero-order chi connectivity index (χ0) is 33.2. The average Bonchev–Trinajstić information content (AvgIpc) is 3.03. The van der Waals surface area contributed by atoms with Crippen LogP contribution in [0.15, 0.2) is 40.9 Å². The van der Waals surface area contributed by atoms with E-state index in [1.54, 1.807) is 11.9 Å². The highest BCUT2D eigenvalue weighted by atomic mass is 16.5. The first-order valence-corrected chi connectivity index (χ1v) is 17.2. The number of nitrogens with zero attached hydrogens (tertiary/aromatic N) is 1. The van der Waals surface area contributed by atoms with Crippen LogP contribution in [0.25, 0.3) is 0 Å². The van der Waals surface area contributed by atoms with Crippen LogP contribution in [0, 0.1) is 0 Å². The van der Waals surface area contributed by atoms with Gasteiger partial charge in [-0.2, -0.15) is 0 Å². The van der Waals surface area contributed by atoms with Crippen molar-refractivity contribution in [1.82, 2.24) is 4.90 Å². The third-order valence-electron chi connectivity index (χ3n) is 8.53. The third kappa shape index (κ3) is 11.4. The summed E-state index contributed by atoms with van der Waals surface area (Å²) in [7, 11) is 4.45. The molecule has 1 unspecified atom stereocenters. The van der Waals surface area contributed by atoms with Gasteiger partial charge in [-0.3, -0.25) is 0 Å². The smallest absolute Gasteiger partial charge is 0.340 e. The Morgan fingerprint density at radius 1 is 0.844 bits per heavy atom. The maximum Gasteiger partial charge on any atom is 0.340 e. The highest BCUT2D eigenvalue weighted by molar-refractivity contribution is 6.00. The molecule has 8 heteroatoms. The number of allylic oxidation sites excluding steroid dienone is 1. The van der Waals surface area contributed by atoms with Gasteiger partial charge >= 0.3 is 11.9 Å². The first-order chi connectivity index (χ1) is 21.7. The van der Waals surface area contributed by atoms with E-state index in [0.717, 1.165) is 30.4 Å². The quantitative estimate of drug-likeness (QED) is 0.102. The van der Waals surface area contributed by atoms with Crippen LogP contribution in [0.2, 0.25) is 0 Å². The fraction of sp³-hybridized carbons (Fsp3) is 0.676. The Bertz CT molecular complexity index is 1130. The molecule has 1 aliphatic rings. The number of methoxy groups -OCH3 is 2. The summed E-state index contributed by atoms with van der Waals surface area (Å²) in [5, 5.41) is 0. The van der Waals surface area contributed by atoms with Crippen molar-refractivity contribution in [1.29, 1.82) is 0 Å². The number of hydrogen-bond donors (Lipinski definition) is 1. The summed E-state index contributed by atoms with van der Waals surface area (Å²) in [5.41, 5.74) is 8.78. The summed E-state index contributed by atoms with van der Waals surface area (Å²) in [5.74, 6) is -0.969. The van der Waals surface area contributed by atoms with Crippen LogP contribution in [0.3, 0.4) is 0 Å². The van der Waals surface area contributed by atoms with Gasteiger partial charge in [0, 0.05) is 24.9 Å². The predicted molar refractivity (Wildman–Crippen MR) is 181 cm³/mol. The van der Waals surface area contributed by atoms with E-state index in [-0.39, 0.29) is 24.8 Å². The SMILES string of the molecule is CCCCCCCCCCCCCCCc1cccc(OC(C)C)c1C1C(C(=O)OC)=C(C)N(C)C(OCCN)=C1C(=O)OC. The van der Waals surface area contributed by atoms with Crippen LogP contribution in [0.5, 0.6) is 5.75 Å². The van der Waals surface area contributed by atoms with E-state index in [1.807, 2.05) is 32.9 Å². The molecule has 0 aliphatic carbocycles. The third-order valence-corrected chi connectivity index (χ3v) is 8.53. The minimum Gasteiger partial charge on any atom is -0.491 e. The van der Waals surface area contributed by atoms with E-state index in [1.165, 1.54) is 84.8 Å². The van der Waals surface area contributed by atoms with Crippen LogP contribution in [0.4, 0.5) is 0 Å². The van der Waals surface area contributed by atoms with Gasteiger partial charge in [-0.1, -0.05) is 96.1 Å². The van der Waals surface area contributed by atoms with Gasteiger partial charge in [-0.25, -0.2) is 9.59 Å². The van der Waals surface area contributed by atoms with Crippen molar-refractivity contribution >= 4 is 11.9 Å². The molecular weight excluding hydrogens is 568 g/mol. The number of hydrogen-bond acceptors (Lipinski definition) is 8. The van der Waals surface area contributed by atoms with Gasteiger partial charge in [0.2, 0.25) is 5.88 Å². The molecule has 8 nitrogen and oxygen atoms in total. The number of carbonyl (C=O) groups excluding carboxylic acids is 2. The van der Waals surface area contributed by atoms with E-state index in [2.05, 4.69) is 13.0 Å². The second-order valence-electron chi connectivity index (χ2n) is 12.3. The Hall–Kier alpha value is -3.00. The lowest BCUT2D eigenvalue weighted by atomic mass is 9.78. The van der Waals surface area contributed by atoms with Crippen molar-refractivity contribution in [3.63, 3.8) is 0 Å². The van der Waals surface area contributed by atoms with Crippen molar-refractivity contribution < 1.29 is 28.5 Å². The first kappa shape index (κ1) is 38.2. The van der Waals surface area contributed by atoms with Gasteiger partial charge in [0.15, 0.2) is 0 Å². The summed E-state index contributed by atoms with van der Waals surface area (Å²) in [6.45, 7) is 8.49. The Balaban J connectivity index is 2.33. The molecular formula is C37H60N2O6. The van der Waals surface area contributed by atoms with Crippen LogP contribution in [-0.2, 0) is 30.2 Å². The van der Waals surface area contributed by atoms with Gasteiger partial charge in [0.05, 0.1) is 31.8 Å². The lowest BCUT2D eigenvalue weighted by Gasteiger charge is -2.37. The summed E-state index contributed by atoms with van der Waals surface area (Å²) in [6, 6.07) is 5.96. The van der Waals surface area contributed by atoms with Gasteiger partial charge in [-0.05, 0) is 45.2 Å². The minimum atomic E-state index is -0.805. The summed E-state index contributed by atoms with van der Waals surface area (Å²) >= 11 is 0. The van der Waals surface area contributed by atoms with Crippen LogP contribution < -0.4 is 10.5 Å². The molecule has 45 heavy (non-hydrogen) atoms. The Kier molecular flexibility index (Phi) is 17.7. The van der Waals surface area contributed by atoms with Crippen molar-refractivity contribution in [3.8, 4) is 5.75 Å². The topological polar surface area (TPSA) is 100 Å². The molecule has 0 spiro atoms. The monoisotopic (exact) mass is 628 g/mol. The molecule has 1 aromatic carbocycles. The maximum atomic E-state index is 13.5. The normalized spacial score (nSPS) is 15.1. The fourth-order valence-corrected chi connectivity index (χ4v) is 6.12.